The highest BCUT2D eigenvalue weighted by molar-refractivity contribution is 6.33. The van der Waals surface area contributed by atoms with Gasteiger partial charge >= 0.3 is 0 Å². The minimum atomic E-state index is -0.418. The topological polar surface area (TPSA) is 75.4 Å². The van der Waals surface area contributed by atoms with Crippen molar-refractivity contribution >= 4 is 23.4 Å². The van der Waals surface area contributed by atoms with Gasteiger partial charge in [-0.2, -0.15) is 0 Å². The second-order valence-electron chi connectivity index (χ2n) is 6.84. The van der Waals surface area contributed by atoms with Crippen LogP contribution in [-0.2, 0) is 4.79 Å². The lowest BCUT2D eigenvalue weighted by atomic mass is 10.0. The van der Waals surface area contributed by atoms with Gasteiger partial charge in [0.25, 0.3) is 5.91 Å². The van der Waals surface area contributed by atoms with Crippen LogP contribution in [0.3, 0.4) is 0 Å². The first-order valence-electron chi connectivity index (χ1n) is 9.18. The smallest absolute Gasteiger partial charge is 0.253 e. The van der Waals surface area contributed by atoms with Crippen molar-refractivity contribution in [2.75, 3.05) is 13.1 Å². The summed E-state index contributed by atoms with van der Waals surface area (Å²) in [6, 6.07) is 16.2. The number of carbonyl (C=O) groups is 2. The molecule has 1 saturated heterocycles. The molecule has 2 aromatic rings. The van der Waals surface area contributed by atoms with E-state index in [2.05, 4.69) is 5.32 Å². The summed E-state index contributed by atoms with van der Waals surface area (Å²) in [6.07, 6.45) is 1.83. The average Bonchev–Trinajstić information content (AvgIpc) is 2.69. The molecule has 1 unspecified atom stereocenters. The average molecular weight is 386 g/mol. The van der Waals surface area contributed by atoms with Crippen molar-refractivity contribution in [3.05, 3.63) is 70.7 Å². The van der Waals surface area contributed by atoms with Gasteiger partial charge in [-0.3, -0.25) is 9.59 Å². The molecule has 3 N–H and O–H groups in total. The minimum Gasteiger partial charge on any atom is -0.345 e. The number of hydrogen-bond donors (Lipinski definition) is 2. The quantitative estimate of drug-likeness (QED) is 0.830. The summed E-state index contributed by atoms with van der Waals surface area (Å²) in [6.45, 7) is 1.33. The summed E-state index contributed by atoms with van der Waals surface area (Å²) < 4.78 is 0. The predicted octanol–water partition coefficient (Wildman–Crippen LogP) is 3.15. The van der Waals surface area contributed by atoms with E-state index in [4.69, 9.17) is 17.3 Å². The SMILES string of the molecule is NC1CCN(C(=O)CC(NC(=O)c2ccccc2Cl)c2ccccc2)CC1. The van der Waals surface area contributed by atoms with Crippen LogP contribution >= 0.6 is 11.6 Å². The summed E-state index contributed by atoms with van der Waals surface area (Å²) in [7, 11) is 0. The number of rotatable bonds is 5. The number of nitrogens with two attached hydrogens (primary N) is 1. The van der Waals surface area contributed by atoms with Crippen molar-refractivity contribution in [2.45, 2.75) is 31.3 Å². The molecular formula is C21H24ClN3O2. The number of carbonyl (C=O) groups excluding carboxylic acids is 2. The van der Waals surface area contributed by atoms with Gasteiger partial charge in [0.1, 0.15) is 0 Å². The van der Waals surface area contributed by atoms with E-state index in [-0.39, 0.29) is 24.3 Å². The zero-order valence-corrected chi connectivity index (χ0v) is 15.9. The van der Waals surface area contributed by atoms with Gasteiger partial charge in [0.05, 0.1) is 23.0 Å². The van der Waals surface area contributed by atoms with E-state index in [9.17, 15) is 9.59 Å². The number of nitrogens with one attached hydrogen (secondary N) is 1. The fraction of sp³-hybridized carbons (Fsp3) is 0.333. The van der Waals surface area contributed by atoms with Crippen LogP contribution < -0.4 is 11.1 Å². The molecule has 3 rings (SSSR count). The zero-order valence-electron chi connectivity index (χ0n) is 15.1. The Hall–Kier alpha value is -2.37. The number of nitrogens with zero attached hydrogens (tertiary/aromatic N) is 1. The van der Waals surface area contributed by atoms with E-state index in [0.717, 1.165) is 18.4 Å². The molecule has 0 saturated carbocycles. The van der Waals surface area contributed by atoms with Crippen LogP contribution in [0, 0.1) is 0 Å². The summed E-state index contributed by atoms with van der Waals surface area (Å²) in [5.74, 6) is -0.266. The summed E-state index contributed by atoms with van der Waals surface area (Å²) >= 11 is 6.14. The first-order chi connectivity index (χ1) is 13.0. The molecule has 0 bridgehead atoms. The van der Waals surface area contributed by atoms with Gasteiger partial charge in [0.2, 0.25) is 5.91 Å². The maximum atomic E-state index is 12.8. The third-order valence-electron chi connectivity index (χ3n) is 4.90. The second-order valence-corrected chi connectivity index (χ2v) is 7.25. The van der Waals surface area contributed by atoms with Gasteiger partial charge in [-0.25, -0.2) is 0 Å². The van der Waals surface area contributed by atoms with Crippen molar-refractivity contribution in [3.63, 3.8) is 0 Å². The van der Waals surface area contributed by atoms with Crippen molar-refractivity contribution in [1.82, 2.24) is 10.2 Å². The second kappa shape index (κ2) is 9.02. The molecule has 1 aliphatic rings. The van der Waals surface area contributed by atoms with Crippen molar-refractivity contribution in [1.29, 1.82) is 0 Å². The van der Waals surface area contributed by atoms with E-state index >= 15 is 0 Å². The van der Waals surface area contributed by atoms with Gasteiger partial charge in [0, 0.05) is 19.1 Å². The molecule has 1 fully saturated rings. The Bertz CT molecular complexity index is 789. The molecule has 1 aliphatic heterocycles. The Morgan fingerprint density at radius 2 is 1.70 bits per heavy atom. The molecule has 1 atom stereocenters. The van der Waals surface area contributed by atoms with Gasteiger partial charge < -0.3 is 16.0 Å². The molecule has 0 aromatic heterocycles. The van der Waals surface area contributed by atoms with Crippen LogP contribution in [-0.4, -0.2) is 35.8 Å². The van der Waals surface area contributed by atoms with Crippen LogP contribution in [0.25, 0.3) is 0 Å². The Kier molecular flexibility index (Phi) is 6.48. The molecular weight excluding hydrogens is 362 g/mol. The lowest BCUT2D eigenvalue weighted by molar-refractivity contribution is -0.132. The van der Waals surface area contributed by atoms with Crippen molar-refractivity contribution in [2.24, 2.45) is 5.73 Å². The predicted molar refractivity (Wildman–Crippen MR) is 107 cm³/mol. The fourth-order valence-corrected chi connectivity index (χ4v) is 3.49. The monoisotopic (exact) mass is 385 g/mol. The van der Waals surface area contributed by atoms with Crippen molar-refractivity contribution in [3.8, 4) is 0 Å². The molecule has 0 spiro atoms. The Morgan fingerprint density at radius 1 is 1.07 bits per heavy atom. The highest BCUT2D eigenvalue weighted by atomic mass is 35.5. The van der Waals surface area contributed by atoms with E-state index in [1.165, 1.54) is 0 Å². The Labute approximate surface area is 164 Å². The number of benzene rings is 2. The highest BCUT2D eigenvalue weighted by Gasteiger charge is 2.25. The number of halogens is 1. The number of amides is 2. The minimum absolute atomic E-state index is 0.0233. The lowest BCUT2D eigenvalue weighted by Crippen LogP contribution is -2.44. The first-order valence-corrected chi connectivity index (χ1v) is 9.56. The van der Waals surface area contributed by atoms with Crippen LogP contribution in [0.2, 0.25) is 5.02 Å². The van der Waals surface area contributed by atoms with E-state index in [1.807, 2.05) is 35.2 Å². The maximum Gasteiger partial charge on any atom is 0.253 e. The standard InChI is InChI=1S/C21H24ClN3O2/c22-18-9-5-4-8-17(18)21(27)24-19(15-6-2-1-3-7-15)14-20(26)25-12-10-16(23)11-13-25/h1-9,16,19H,10-14,23H2,(H,24,27). The van der Waals surface area contributed by atoms with E-state index in [0.29, 0.717) is 23.7 Å². The van der Waals surface area contributed by atoms with E-state index < -0.39 is 6.04 Å². The summed E-state index contributed by atoms with van der Waals surface area (Å²) in [4.78, 5) is 27.3. The number of piperidine rings is 1. The third kappa shape index (κ3) is 5.08. The fourth-order valence-electron chi connectivity index (χ4n) is 3.27. The van der Waals surface area contributed by atoms with Crippen LogP contribution in [0.15, 0.2) is 54.6 Å². The maximum absolute atomic E-state index is 12.8. The van der Waals surface area contributed by atoms with Gasteiger partial charge in [0.15, 0.2) is 0 Å². The number of hydrogen-bond acceptors (Lipinski definition) is 3. The molecule has 1 heterocycles. The molecule has 6 heteroatoms. The van der Waals surface area contributed by atoms with Crippen LogP contribution in [0.1, 0.15) is 41.2 Å². The molecule has 142 valence electrons. The molecule has 0 aliphatic carbocycles. The summed E-state index contributed by atoms with van der Waals surface area (Å²) in [5, 5.41) is 3.36. The van der Waals surface area contributed by atoms with Gasteiger partial charge in [-0.15, -0.1) is 0 Å². The van der Waals surface area contributed by atoms with Crippen LogP contribution in [0.4, 0.5) is 0 Å². The Morgan fingerprint density at radius 3 is 2.37 bits per heavy atom. The highest BCUT2D eigenvalue weighted by Crippen LogP contribution is 2.22. The van der Waals surface area contributed by atoms with Gasteiger partial charge in [-0.05, 0) is 30.5 Å². The van der Waals surface area contributed by atoms with Crippen LogP contribution in [0.5, 0.6) is 0 Å². The molecule has 2 amide bonds. The largest absolute Gasteiger partial charge is 0.345 e. The first kappa shape index (κ1) is 19.4. The molecule has 27 heavy (non-hydrogen) atoms. The van der Waals surface area contributed by atoms with E-state index in [1.54, 1.807) is 24.3 Å². The number of likely N-dealkylation sites (tertiary alicyclic amines) is 1. The zero-order chi connectivity index (χ0) is 19.2. The van der Waals surface area contributed by atoms with Gasteiger partial charge in [-0.1, -0.05) is 54.1 Å². The molecule has 5 nitrogen and oxygen atoms in total. The Balaban J connectivity index is 1.75. The molecule has 2 aromatic carbocycles. The lowest BCUT2D eigenvalue weighted by Gasteiger charge is -2.31. The summed E-state index contributed by atoms with van der Waals surface area (Å²) in [5.41, 5.74) is 7.21. The van der Waals surface area contributed by atoms with Crippen molar-refractivity contribution < 1.29 is 9.59 Å². The normalized spacial score (nSPS) is 16.0. The third-order valence-corrected chi connectivity index (χ3v) is 5.23. The molecule has 0 radical (unpaired) electrons.